The monoisotopic (exact) mass is 488 g/mol. The van der Waals surface area contributed by atoms with Crippen LogP contribution < -0.4 is 14.4 Å². The molecule has 8 heteroatoms. The fourth-order valence-corrected chi connectivity index (χ4v) is 5.63. The smallest absolute Gasteiger partial charge is 0.265 e. The summed E-state index contributed by atoms with van der Waals surface area (Å²) in [5, 5.41) is 2.72. The molecule has 5 rings (SSSR count). The summed E-state index contributed by atoms with van der Waals surface area (Å²) in [5.41, 5.74) is 2.61. The van der Waals surface area contributed by atoms with Crippen molar-refractivity contribution in [1.29, 1.82) is 0 Å². The number of sulfonamides is 1. The molecule has 1 aliphatic heterocycles. The topological polar surface area (TPSA) is 75.7 Å². The molecule has 1 N–H and O–H groups in total. The van der Waals surface area contributed by atoms with Gasteiger partial charge in [0, 0.05) is 16.8 Å². The SMILES string of the molecule is O=C(CN1c2ccc(F)cc2-c2ccccc2S1(=O)=O)Nc1ccc(OCc2ccccc2)cc1. The maximum absolute atomic E-state index is 14.0. The van der Waals surface area contributed by atoms with Crippen molar-refractivity contribution in [2.24, 2.45) is 0 Å². The zero-order chi connectivity index (χ0) is 24.4. The highest BCUT2D eigenvalue weighted by atomic mass is 32.2. The predicted molar refractivity (Wildman–Crippen MR) is 132 cm³/mol. The van der Waals surface area contributed by atoms with Crippen molar-refractivity contribution in [2.75, 3.05) is 16.2 Å². The molecule has 6 nitrogen and oxygen atoms in total. The molecule has 0 bridgehead atoms. The Kier molecular flexibility index (Phi) is 5.96. The van der Waals surface area contributed by atoms with Crippen molar-refractivity contribution in [3.63, 3.8) is 0 Å². The van der Waals surface area contributed by atoms with Gasteiger partial charge in [-0.1, -0.05) is 48.5 Å². The standard InChI is InChI=1S/C27H21FN2O4S/c28-20-10-15-25-24(16-20)23-8-4-5-9-26(23)35(32,33)30(25)17-27(31)29-21-11-13-22(14-12-21)34-18-19-6-2-1-3-7-19/h1-16H,17-18H2,(H,29,31). The summed E-state index contributed by atoms with van der Waals surface area (Å²) < 4.78 is 47.4. The van der Waals surface area contributed by atoms with E-state index in [0.29, 0.717) is 29.2 Å². The molecule has 0 atom stereocenters. The molecule has 0 saturated carbocycles. The van der Waals surface area contributed by atoms with Gasteiger partial charge in [0.05, 0.1) is 10.6 Å². The molecule has 4 aromatic carbocycles. The average Bonchev–Trinajstić information content (AvgIpc) is 2.87. The molecule has 0 fully saturated rings. The molecule has 0 aromatic heterocycles. The van der Waals surface area contributed by atoms with Gasteiger partial charge >= 0.3 is 0 Å². The Morgan fingerprint density at radius 3 is 2.34 bits per heavy atom. The third-order valence-corrected chi connectivity index (χ3v) is 7.46. The molecule has 1 aliphatic rings. The van der Waals surface area contributed by atoms with Crippen LogP contribution in [0.2, 0.25) is 0 Å². The van der Waals surface area contributed by atoms with Gasteiger partial charge in [0.15, 0.2) is 0 Å². The Morgan fingerprint density at radius 1 is 0.857 bits per heavy atom. The molecule has 176 valence electrons. The Morgan fingerprint density at radius 2 is 1.57 bits per heavy atom. The summed E-state index contributed by atoms with van der Waals surface area (Å²) in [6.07, 6.45) is 0. The number of ether oxygens (including phenoxy) is 1. The highest BCUT2D eigenvalue weighted by Crippen LogP contribution is 2.43. The van der Waals surface area contributed by atoms with Crippen LogP contribution in [0.3, 0.4) is 0 Å². The van der Waals surface area contributed by atoms with Gasteiger partial charge in [0.2, 0.25) is 5.91 Å². The molecule has 0 aliphatic carbocycles. The summed E-state index contributed by atoms with van der Waals surface area (Å²) in [7, 11) is -4.01. The van der Waals surface area contributed by atoms with Gasteiger partial charge in [-0.05, 0) is 54.1 Å². The molecule has 0 radical (unpaired) electrons. The van der Waals surface area contributed by atoms with Crippen molar-refractivity contribution in [2.45, 2.75) is 11.5 Å². The second-order valence-electron chi connectivity index (χ2n) is 8.02. The lowest BCUT2D eigenvalue weighted by molar-refractivity contribution is -0.114. The highest BCUT2D eigenvalue weighted by Gasteiger charge is 2.36. The third kappa shape index (κ3) is 4.61. The zero-order valence-corrected chi connectivity index (χ0v) is 19.3. The molecule has 35 heavy (non-hydrogen) atoms. The first kappa shape index (κ1) is 22.6. The van der Waals surface area contributed by atoms with E-state index in [2.05, 4.69) is 5.32 Å². The maximum atomic E-state index is 14.0. The minimum absolute atomic E-state index is 0.0332. The van der Waals surface area contributed by atoms with Crippen LogP contribution in [0.25, 0.3) is 11.1 Å². The first-order chi connectivity index (χ1) is 16.9. The number of nitrogens with one attached hydrogen (secondary N) is 1. The lowest BCUT2D eigenvalue weighted by atomic mass is 10.0. The summed E-state index contributed by atoms with van der Waals surface area (Å²) in [5.74, 6) is -0.379. The largest absolute Gasteiger partial charge is 0.489 e. The molecule has 0 saturated heterocycles. The zero-order valence-electron chi connectivity index (χ0n) is 18.5. The first-order valence-corrected chi connectivity index (χ1v) is 12.3. The van der Waals surface area contributed by atoms with E-state index < -0.39 is 28.3 Å². The average molecular weight is 489 g/mol. The van der Waals surface area contributed by atoms with E-state index in [-0.39, 0.29) is 10.6 Å². The van der Waals surface area contributed by atoms with Crippen LogP contribution in [0, 0.1) is 5.82 Å². The second-order valence-corrected chi connectivity index (χ2v) is 9.85. The number of carbonyl (C=O) groups is 1. The normalized spacial score (nSPS) is 13.5. The van der Waals surface area contributed by atoms with Gasteiger partial charge in [-0.3, -0.25) is 9.10 Å². The fourth-order valence-electron chi connectivity index (χ4n) is 3.98. The minimum Gasteiger partial charge on any atom is -0.489 e. The van der Waals surface area contributed by atoms with Crippen molar-refractivity contribution in [3.8, 4) is 16.9 Å². The number of halogens is 1. The molecule has 0 unspecified atom stereocenters. The van der Waals surface area contributed by atoms with E-state index in [9.17, 15) is 17.6 Å². The van der Waals surface area contributed by atoms with Gasteiger partial charge < -0.3 is 10.1 Å². The summed E-state index contributed by atoms with van der Waals surface area (Å²) >= 11 is 0. The first-order valence-electron chi connectivity index (χ1n) is 10.9. The van der Waals surface area contributed by atoms with Crippen LogP contribution in [0.15, 0.2) is 102 Å². The van der Waals surface area contributed by atoms with Gasteiger partial charge in [-0.25, -0.2) is 12.8 Å². The van der Waals surface area contributed by atoms with Crippen LogP contribution in [0.5, 0.6) is 5.75 Å². The van der Waals surface area contributed by atoms with Gasteiger partial charge in [0.1, 0.15) is 24.7 Å². The third-order valence-electron chi connectivity index (χ3n) is 5.65. The van der Waals surface area contributed by atoms with E-state index in [1.54, 1.807) is 42.5 Å². The number of amides is 1. The van der Waals surface area contributed by atoms with Crippen molar-refractivity contribution in [1.82, 2.24) is 0 Å². The number of anilines is 2. The second kappa shape index (κ2) is 9.23. The van der Waals surface area contributed by atoms with Crippen LogP contribution in [0.1, 0.15) is 5.56 Å². The summed E-state index contributed by atoms with van der Waals surface area (Å²) in [4.78, 5) is 12.9. The van der Waals surface area contributed by atoms with Crippen molar-refractivity contribution >= 4 is 27.3 Å². The number of carbonyl (C=O) groups excluding carboxylic acids is 1. The van der Waals surface area contributed by atoms with E-state index in [4.69, 9.17) is 4.74 Å². The van der Waals surface area contributed by atoms with Gasteiger partial charge in [-0.2, -0.15) is 0 Å². The van der Waals surface area contributed by atoms with Crippen LogP contribution in [-0.4, -0.2) is 20.9 Å². The van der Waals surface area contributed by atoms with E-state index >= 15 is 0 Å². The molecular formula is C27H21FN2O4S. The Bertz CT molecular complexity index is 1490. The Balaban J connectivity index is 1.32. The number of benzene rings is 4. The van der Waals surface area contributed by atoms with E-state index in [1.807, 2.05) is 30.3 Å². The van der Waals surface area contributed by atoms with Gasteiger partial charge in [0.25, 0.3) is 10.0 Å². The summed E-state index contributed by atoms with van der Waals surface area (Å²) in [6, 6.07) is 26.8. The highest BCUT2D eigenvalue weighted by molar-refractivity contribution is 7.93. The summed E-state index contributed by atoms with van der Waals surface area (Å²) in [6.45, 7) is -0.0393. The Hall–Kier alpha value is -4.17. The fraction of sp³-hybridized carbons (Fsp3) is 0.0741. The van der Waals surface area contributed by atoms with Crippen LogP contribution in [0.4, 0.5) is 15.8 Å². The van der Waals surface area contributed by atoms with Crippen molar-refractivity contribution < 1.29 is 22.3 Å². The molecule has 4 aromatic rings. The predicted octanol–water partition coefficient (Wildman–Crippen LogP) is 5.22. The van der Waals surface area contributed by atoms with Crippen LogP contribution >= 0.6 is 0 Å². The lowest BCUT2D eigenvalue weighted by Crippen LogP contribution is -2.40. The number of nitrogens with zero attached hydrogens (tertiary/aromatic N) is 1. The minimum atomic E-state index is -4.01. The number of rotatable bonds is 6. The number of hydrogen-bond donors (Lipinski definition) is 1. The molecule has 0 spiro atoms. The number of fused-ring (bicyclic) bond motifs is 3. The Labute approximate surface area is 202 Å². The molecule has 1 amide bonds. The van der Waals surface area contributed by atoms with Crippen molar-refractivity contribution in [3.05, 3.63) is 108 Å². The lowest BCUT2D eigenvalue weighted by Gasteiger charge is -2.31. The quantitative estimate of drug-likeness (QED) is 0.404. The van der Waals surface area contributed by atoms with E-state index in [0.717, 1.165) is 9.87 Å². The number of hydrogen-bond acceptors (Lipinski definition) is 4. The molecular weight excluding hydrogens is 467 g/mol. The van der Waals surface area contributed by atoms with Gasteiger partial charge in [-0.15, -0.1) is 0 Å². The molecule has 1 heterocycles. The van der Waals surface area contributed by atoms with Crippen LogP contribution in [-0.2, 0) is 21.4 Å². The van der Waals surface area contributed by atoms with E-state index in [1.165, 1.54) is 24.3 Å². The maximum Gasteiger partial charge on any atom is 0.265 e.